The molecule has 6 nitrogen and oxygen atoms in total. The molecular weight excluding hydrogens is 396 g/mol. The van der Waals surface area contributed by atoms with Crippen LogP contribution in [-0.4, -0.2) is 22.0 Å². The second kappa shape index (κ2) is 8.73. The van der Waals surface area contributed by atoms with Gasteiger partial charge in [0.1, 0.15) is 0 Å². The average Bonchev–Trinajstić information content (AvgIpc) is 2.86. The van der Waals surface area contributed by atoms with E-state index in [0.29, 0.717) is 17.8 Å². The molecule has 1 heterocycles. The second-order valence-corrected chi connectivity index (χ2v) is 7.19. The number of anilines is 6. The lowest BCUT2D eigenvalue weighted by Gasteiger charge is -2.23. The summed E-state index contributed by atoms with van der Waals surface area (Å²) in [6.07, 6.45) is 0. The number of hydrogen-bond acceptors (Lipinski definition) is 6. The molecule has 5 aromatic rings. The molecule has 32 heavy (non-hydrogen) atoms. The smallest absolute Gasteiger partial charge is 0.241 e. The highest BCUT2D eigenvalue weighted by atomic mass is 15.3. The van der Waals surface area contributed by atoms with Gasteiger partial charge in [0, 0.05) is 29.5 Å². The molecule has 0 saturated carbocycles. The van der Waals surface area contributed by atoms with Crippen LogP contribution in [-0.2, 0) is 0 Å². The summed E-state index contributed by atoms with van der Waals surface area (Å²) in [5.41, 5.74) is 2.86. The first-order valence-electron chi connectivity index (χ1n) is 10.4. The first-order chi connectivity index (χ1) is 15.8. The molecule has 0 aliphatic rings. The zero-order valence-corrected chi connectivity index (χ0v) is 17.6. The van der Waals surface area contributed by atoms with Crippen LogP contribution in [0.2, 0.25) is 0 Å². The Labute approximate surface area is 186 Å². The summed E-state index contributed by atoms with van der Waals surface area (Å²) in [7, 11) is 1.80. The van der Waals surface area contributed by atoms with Crippen molar-refractivity contribution in [2.24, 2.45) is 0 Å². The third-order valence-corrected chi connectivity index (χ3v) is 5.11. The minimum absolute atomic E-state index is 0.465. The van der Waals surface area contributed by atoms with Gasteiger partial charge in [-0.2, -0.15) is 15.0 Å². The van der Waals surface area contributed by atoms with Crippen molar-refractivity contribution in [3.05, 3.63) is 103 Å². The molecule has 0 unspecified atom stereocenters. The molecule has 2 N–H and O–H groups in total. The number of benzene rings is 4. The number of fused-ring (bicyclic) bond motifs is 1. The molecule has 1 aromatic heterocycles. The van der Waals surface area contributed by atoms with Gasteiger partial charge >= 0.3 is 0 Å². The van der Waals surface area contributed by atoms with Gasteiger partial charge < -0.3 is 10.6 Å². The van der Waals surface area contributed by atoms with Crippen molar-refractivity contribution in [2.45, 2.75) is 0 Å². The number of para-hydroxylation sites is 2. The lowest BCUT2D eigenvalue weighted by Crippen LogP contribution is -2.16. The Bertz CT molecular complexity index is 1290. The van der Waals surface area contributed by atoms with Gasteiger partial charge in [-0.25, -0.2) is 0 Å². The maximum absolute atomic E-state index is 4.79. The van der Waals surface area contributed by atoms with Crippen molar-refractivity contribution < 1.29 is 0 Å². The third kappa shape index (κ3) is 3.94. The van der Waals surface area contributed by atoms with Crippen molar-refractivity contribution >= 4 is 45.7 Å². The Morgan fingerprint density at radius 1 is 0.594 bits per heavy atom. The van der Waals surface area contributed by atoms with Crippen LogP contribution in [0.3, 0.4) is 0 Å². The third-order valence-electron chi connectivity index (χ3n) is 5.11. The standard InChI is InChI=1S/C26H22N6/c1-27-24-29-25(28-23-18-10-12-19-11-8-9-17-22(19)23)31-26(30-24)32(20-13-4-2-5-14-20)21-15-6-3-7-16-21/h2-18H,1H3,(H2,27,28,29,30,31). The van der Waals surface area contributed by atoms with E-state index in [1.165, 1.54) is 0 Å². The summed E-state index contributed by atoms with van der Waals surface area (Å²) in [4.78, 5) is 16.0. The first kappa shape index (κ1) is 19.5. The first-order valence-corrected chi connectivity index (χ1v) is 10.4. The van der Waals surface area contributed by atoms with E-state index in [1.807, 2.05) is 89.8 Å². The number of nitrogens with one attached hydrogen (secondary N) is 2. The molecule has 0 fully saturated rings. The summed E-state index contributed by atoms with van der Waals surface area (Å²) in [6, 6.07) is 34.5. The molecule has 0 bridgehead atoms. The monoisotopic (exact) mass is 418 g/mol. The minimum Gasteiger partial charge on any atom is -0.357 e. The van der Waals surface area contributed by atoms with Crippen molar-refractivity contribution in [3.8, 4) is 0 Å². The molecule has 156 valence electrons. The molecular formula is C26H22N6. The van der Waals surface area contributed by atoms with E-state index in [2.05, 4.69) is 38.8 Å². The number of rotatable bonds is 6. The maximum Gasteiger partial charge on any atom is 0.241 e. The van der Waals surface area contributed by atoms with Gasteiger partial charge in [0.15, 0.2) is 0 Å². The fraction of sp³-hybridized carbons (Fsp3) is 0.0385. The van der Waals surface area contributed by atoms with Crippen molar-refractivity contribution in [1.82, 2.24) is 15.0 Å². The van der Waals surface area contributed by atoms with Crippen LogP contribution in [0.25, 0.3) is 10.8 Å². The summed E-state index contributed by atoms with van der Waals surface area (Å²) in [5, 5.41) is 8.70. The SMILES string of the molecule is CNc1nc(Nc2cccc3ccccc23)nc(N(c2ccccc2)c2ccccc2)n1. The zero-order chi connectivity index (χ0) is 21.8. The summed E-state index contributed by atoms with van der Waals surface area (Å²) in [6.45, 7) is 0. The number of nitrogens with zero attached hydrogens (tertiary/aromatic N) is 4. The normalized spacial score (nSPS) is 10.7. The average molecular weight is 419 g/mol. The summed E-state index contributed by atoms with van der Waals surface area (Å²) < 4.78 is 0. The summed E-state index contributed by atoms with van der Waals surface area (Å²) >= 11 is 0. The van der Waals surface area contributed by atoms with Gasteiger partial charge in [-0.05, 0) is 35.7 Å². The Balaban J connectivity index is 1.62. The van der Waals surface area contributed by atoms with E-state index >= 15 is 0 Å². The zero-order valence-electron chi connectivity index (χ0n) is 17.6. The van der Waals surface area contributed by atoms with Gasteiger partial charge in [0.05, 0.1) is 0 Å². The highest BCUT2D eigenvalue weighted by Gasteiger charge is 2.17. The fourth-order valence-electron chi connectivity index (χ4n) is 3.62. The molecule has 4 aromatic carbocycles. The molecule has 0 saturated heterocycles. The Morgan fingerprint density at radius 3 is 1.88 bits per heavy atom. The Morgan fingerprint density at radius 2 is 1.19 bits per heavy atom. The van der Waals surface area contributed by atoms with E-state index in [0.717, 1.165) is 27.8 Å². The molecule has 0 radical (unpaired) electrons. The fourth-order valence-corrected chi connectivity index (χ4v) is 3.62. The van der Waals surface area contributed by atoms with Crippen LogP contribution in [0.1, 0.15) is 0 Å². The van der Waals surface area contributed by atoms with E-state index in [-0.39, 0.29) is 0 Å². The largest absolute Gasteiger partial charge is 0.357 e. The van der Waals surface area contributed by atoms with Gasteiger partial charge in [-0.3, -0.25) is 4.90 Å². The molecule has 0 aliphatic heterocycles. The Kier molecular flexibility index (Phi) is 5.32. The van der Waals surface area contributed by atoms with Crippen molar-refractivity contribution in [1.29, 1.82) is 0 Å². The second-order valence-electron chi connectivity index (χ2n) is 7.19. The topological polar surface area (TPSA) is 66.0 Å². The van der Waals surface area contributed by atoms with Crippen LogP contribution in [0.15, 0.2) is 103 Å². The van der Waals surface area contributed by atoms with Gasteiger partial charge in [0.25, 0.3) is 0 Å². The lowest BCUT2D eigenvalue weighted by atomic mass is 10.1. The molecule has 0 aliphatic carbocycles. The predicted molar refractivity (Wildman–Crippen MR) is 131 cm³/mol. The highest BCUT2D eigenvalue weighted by Crippen LogP contribution is 2.33. The van der Waals surface area contributed by atoms with E-state index < -0.39 is 0 Å². The van der Waals surface area contributed by atoms with Crippen LogP contribution in [0, 0.1) is 0 Å². The Hall–Kier alpha value is -4.45. The summed E-state index contributed by atoms with van der Waals surface area (Å²) in [5.74, 6) is 1.46. The van der Waals surface area contributed by atoms with Gasteiger partial charge in [-0.1, -0.05) is 72.8 Å². The minimum atomic E-state index is 0.465. The van der Waals surface area contributed by atoms with Gasteiger partial charge in [-0.15, -0.1) is 0 Å². The van der Waals surface area contributed by atoms with E-state index in [1.54, 1.807) is 7.05 Å². The van der Waals surface area contributed by atoms with E-state index in [9.17, 15) is 0 Å². The van der Waals surface area contributed by atoms with Crippen LogP contribution in [0.5, 0.6) is 0 Å². The molecule has 0 spiro atoms. The highest BCUT2D eigenvalue weighted by molar-refractivity contribution is 5.95. The number of hydrogen-bond donors (Lipinski definition) is 2. The molecule has 6 heteroatoms. The maximum atomic E-state index is 4.79. The van der Waals surface area contributed by atoms with Crippen LogP contribution in [0.4, 0.5) is 34.9 Å². The molecule has 5 rings (SSSR count). The van der Waals surface area contributed by atoms with Gasteiger partial charge in [0.2, 0.25) is 17.8 Å². The molecule has 0 atom stereocenters. The van der Waals surface area contributed by atoms with E-state index in [4.69, 9.17) is 4.98 Å². The van der Waals surface area contributed by atoms with Crippen molar-refractivity contribution in [2.75, 3.05) is 22.6 Å². The number of aromatic nitrogens is 3. The lowest BCUT2D eigenvalue weighted by molar-refractivity contribution is 1.01. The van der Waals surface area contributed by atoms with Crippen LogP contribution < -0.4 is 15.5 Å². The van der Waals surface area contributed by atoms with Crippen LogP contribution >= 0.6 is 0 Å². The predicted octanol–water partition coefficient (Wildman–Crippen LogP) is 6.28. The van der Waals surface area contributed by atoms with Crippen molar-refractivity contribution in [3.63, 3.8) is 0 Å². The molecule has 0 amide bonds. The quantitative estimate of drug-likeness (QED) is 0.338.